The summed E-state index contributed by atoms with van der Waals surface area (Å²) in [5.41, 5.74) is 0. The van der Waals surface area contributed by atoms with E-state index in [1.165, 1.54) is 0 Å². The molecule has 5 heteroatoms. The Kier molecular flexibility index (Phi) is 10.8. The third kappa shape index (κ3) is 13.2. The number of unbranched alkanes of at least 4 members (excludes halogenated alkanes) is 3. The van der Waals surface area contributed by atoms with Crippen LogP contribution < -0.4 is 10.6 Å². The van der Waals surface area contributed by atoms with Crippen molar-refractivity contribution in [1.29, 1.82) is 0 Å². The van der Waals surface area contributed by atoms with Crippen LogP contribution >= 0.6 is 0 Å². The number of amides is 2. The summed E-state index contributed by atoms with van der Waals surface area (Å²) >= 11 is 0. The van der Waals surface area contributed by atoms with Crippen molar-refractivity contribution in [2.24, 2.45) is 5.92 Å². The Morgan fingerprint density at radius 3 is 2.25 bits per heavy atom. The largest absolute Gasteiger partial charge is 0.481 e. The van der Waals surface area contributed by atoms with E-state index >= 15 is 0 Å². The van der Waals surface area contributed by atoms with Gasteiger partial charge in [0.1, 0.15) is 0 Å². The lowest BCUT2D eigenvalue weighted by atomic mass is 10.0. The highest BCUT2D eigenvalue weighted by Crippen LogP contribution is 2.06. The van der Waals surface area contributed by atoms with Crippen LogP contribution in [0.1, 0.15) is 65.7 Å². The van der Waals surface area contributed by atoms with Crippen molar-refractivity contribution in [2.75, 3.05) is 6.54 Å². The van der Waals surface area contributed by atoms with E-state index in [2.05, 4.69) is 24.5 Å². The molecule has 0 heterocycles. The Bertz CT molecular complexity index is 280. The average Bonchev–Trinajstić information content (AvgIpc) is 2.34. The zero-order valence-corrected chi connectivity index (χ0v) is 13.1. The van der Waals surface area contributed by atoms with Crippen molar-refractivity contribution in [1.82, 2.24) is 10.6 Å². The van der Waals surface area contributed by atoms with E-state index < -0.39 is 5.97 Å². The van der Waals surface area contributed by atoms with Gasteiger partial charge in [-0.05, 0) is 38.5 Å². The van der Waals surface area contributed by atoms with Gasteiger partial charge in [0, 0.05) is 19.0 Å². The second-order valence-electron chi connectivity index (χ2n) is 5.83. The summed E-state index contributed by atoms with van der Waals surface area (Å²) in [6.07, 6.45) is 5.82. The lowest BCUT2D eigenvalue weighted by Crippen LogP contribution is -2.41. The molecule has 118 valence electrons. The molecule has 1 unspecified atom stereocenters. The predicted octanol–water partition coefficient (Wildman–Crippen LogP) is 3.15. The molecule has 0 aliphatic heterocycles. The van der Waals surface area contributed by atoms with Crippen molar-refractivity contribution in [3.8, 4) is 0 Å². The van der Waals surface area contributed by atoms with Crippen LogP contribution in [0.3, 0.4) is 0 Å². The van der Waals surface area contributed by atoms with Gasteiger partial charge in [0.25, 0.3) is 0 Å². The molecule has 0 fully saturated rings. The molecule has 0 aliphatic carbocycles. The molecule has 0 radical (unpaired) electrons. The van der Waals surface area contributed by atoms with Gasteiger partial charge >= 0.3 is 12.0 Å². The Morgan fingerprint density at radius 1 is 1.00 bits per heavy atom. The quantitative estimate of drug-likeness (QED) is 0.510. The molecule has 20 heavy (non-hydrogen) atoms. The Hall–Kier alpha value is -1.26. The molecule has 0 rings (SSSR count). The van der Waals surface area contributed by atoms with E-state index in [0.29, 0.717) is 18.9 Å². The summed E-state index contributed by atoms with van der Waals surface area (Å²) in [4.78, 5) is 21.9. The summed E-state index contributed by atoms with van der Waals surface area (Å²) < 4.78 is 0. The number of carbonyl (C=O) groups is 2. The fourth-order valence-electron chi connectivity index (χ4n) is 1.89. The first-order valence-corrected chi connectivity index (χ1v) is 7.68. The first-order valence-electron chi connectivity index (χ1n) is 7.68. The van der Waals surface area contributed by atoms with Crippen LogP contribution in [0.25, 0.3) is 0 Å². The van der Waals surface area contributed by atoms with Gasteiger partial charge in [0.15, 0.2) is 0 Å². The Morgan fingerprint density at radius 2 is 1.65 bits per heavy atom. The maximum atomic E-state index is 11.6. The maximum Gasteiger partial charge on any atom is 0.314 e. The molecule has 0 spiro atoms. The molecule has 0 aromatic rings. The van der Waals surface area contributed by atoms with Gasteiger partial charge in [-0.25, -0.2) is 4.79 Å². The second kappa shape index (κ2) is 11.6. The molecule has 0 aromatic heterocycles. The highest BCUT2D eigenvalue weighted by Gasteiger charge is 2.07. The topological polar surface area (TPSA) is 78.4 Å². The standard InChI is InChI=1S/C15H30N2O3/c1-12(2)9-10-13(3)17-15(20)16-11-7-5-4-6-8-14(18)19/h12-13H,4-11H2,1-3H3,(H,18,19)(H2,16,17,20). The van der Waals surface area contributed by atoms with Crippen molar-refractivity contribution < 1.29 is 14.7 Å². The van der Waals surface area contributed by atoms with Crippen molar-refractivity contribution >= 4 is 12.0 Å². The zero-order chi connectivity index (χ0) is 15.4. The molecule has 0 bridgehead atoms. The second-order valence-corrected chi connectivity index (χ2v) is 5.83. The van der Waals surface area contributed by atoms with Gasteiger partial charge in [-0.2, -0.15) is 0 Å². The molecule has 0 saturated carbocycles. The number of urea groups is 1. The smallest absolute Gasteiger partial charge is 0.314 e. The van der Waals surface area contributed by atoms with Crippen molar-refractivity contribution in [3.05, 3.63) is 0 Å². The Balaban J connectivity index is 3.42. The van der Waals surface area contributed by atoms with Crippen LogP contribution in [0.5, 0.6) is 0 Å². The average molecular weight is 286 g/mol. The van der Waals surface area contributed by atoms with Crippen molar-refractivity contribution in [3.63, 3.8) is 0 Å². The van der Waals surface area contributed by atoms with Gasteiger partial charge in [-0.3, -0.25) is 4.79 Å². The number of carboxylic acids is 1. The van der Waals surface area contributed by atoms with E-state index in [0.717, 1.165) is 32.1 Å². The molecule has 0 aromatic carbocycles. The minimum Gasteiger partial charge on any atom is -0.481 e. The highest BCUT2D eigenvalue weighted by molar-refractivity contribution is 5.74. The van der Waals surface area contributed by atoms with Crippen LogP contribution in [-0.2, 0) is 4.79 Å². The molecule has 3 N–H and O–H groups in total. The number of hydrogen-bond acceptors (Lipinski definition) is 2. The third-order valence-corrected chi connectivity index (χ3v) is 3.16. The van der Waals surface area contributed by atoms with Crippen LogP contribution in [0.15, 0.2) is 0 Å². The van der Waals surface area contributed by atoms with Crippen LogP contribution in [-0.4, -0.2) is 29.7 Å². The number of hydrogen-bond donors (Lipinski definition) is 3. The summed E-state index contributed by atoms with van der Waals surface area (Å²) in [5.74, 6) is -0.0778. The summed E-state index contributed by atoms with van der Waals surface area (Å²) in [6, 6.07) is 0.0970. The molecule has 5 nitrogen and oxygen atoms in total. The number of rotatable bonds is 11. The molecule has 2 amide bonds. The monoisotopic (exact) mass is 286 g/mol. The number of aliphatic carboxylic acids is 1. The first-order chi connectivity index (χ1) is 9.41. The summed E-state index contributed by atoms with van der Waals surface area (Å²) in [7, 11) is 0. The van der Waals surface area contributed by atoms with Crippen LogP contribution in [0.4, 0.5) is 4.79 Å². The normalized spacial score (nSPS) is 12.2. The van der Waals surface area contributed by atoms with Gasteiger partial charge < -0.3 is 15.7 Å². The van der Waals surface area contributed by atoms with Gasteiger partial charge in [-0.15, -0.1) is 0 Å². The van der Waals surface area contributed by atoms with E-state index in [9.17, 15) is 9.59 Å². The van der Waals surface area contributed by atoms with Crippen LogP contribution in [0, 0.1) is 5.92 Å². The van der Waals surface area contributed by atoms with E-state index in [-0.39, 0.29) is 18.5 Å². The number of carbonyl (C=O) groups excluding carboxylic acids is 1. The zero-order valence-electron chi connectivity index (χ0n) is 13.1. The van der Waals surface area contributed by atoms with E-state index in [1.54, 1.807) is 0 Å². The number of carboxylic acid groups (broad SMARTS) is 1. The molecule has 1 atom stereocenters. The van der Waals surface area contributed by atoms with Crippen molar-refractivity contribution in [2.45, 2.75) is 71.8 Å². The minimum absolute atomic E-state index is 0.105. The van der Waals surface area contributed by atoms with E-state index in [4.69, 9.17) is 5.11 Å². The lowest BCUT2D eigenvalue weighted by Gasteiger charge is -2.15. The SMILES string of the molecule is CC(C)CCC(C)NC(=O)NCCCCCCC(=O)O. The van der Waals surface area contributed by atoms with E-state index in [1.807, 2.05) is 6.92 Å². The minimum atomic E-state index is -0.738. The third-order valence-electron chi connectivity index (χ3n) is 3.16. The molecule has 0 saturated heterocycles. The number of nitrogens with one attached hydrogen (secondary N) is 2. The maximum absolute atomic E-state index is 11.6. The van der Waals surface area contributed by atoms with Gasteiger partial charge in [0.2, 0.25) is 0 Å². The fraction of sp³-hybridized carbons (Fsp3) is 0.867. The van der Waals surface area contributed by atoms with Gasteiger partial charge in [-0.1, -0.05) is 26.7 Å². The Labute approximate surface area is 122 Å². The molecular weight excluding hydrogens is 256 g/mol. The van der Waals surface area contributed by atoms with Crippen LogP contribution in [0.2, 0.25) is 0 Å². The predicted molar refractivity (Wildman–Crippen MR) is 80.8 cm³/mol. The first kappa shape index (κ1) is 18.7. The fourth-order valence-corrected chi connectivity index (χ4v) is 1.89. The molecule has 0 aliphatic rings. The summed E-state index contributed by atoms with van der Waals surface area (Å²) in [5, 5.41) is 14.2. The molecular formula is C15H30N2O3. The van der Waals surface area contributed by atoms with Gasteiger partial charge in [0.05, 0.1) is 0 Å². The lowest BCUT2D eigenvalue weighted by molar-refractivity contribution is -0.137. The summed E-state index contributed by atoms with van der Waals surface area (Å²) in [6.45, 7) is 7.03. The highest BCUT2D eigenvalue weighted by atomic mass is 16.4.